The highest BCUT2D eigenvalue weighted by Crippen LogP contribution is 2.46. The number of piperidine rings is 1. The number of hydrogen-bond donors (Lipinski definition) is 1. The van der Waals surface area contributed by atoms with Gasteiger partial charge in [0.1, 0.15) is 0 Å². The molecule has 1 saturated carbocycles. The van der Waals surface area contributed by atoms with Crippen molar-refractivity contribution in [2.75, 3.05) is 13.1 Å². The zero-order valence-electron chi connectivity index (χ0n) is 12.0. The molecule has 0 atom stereocenters. The van der Waals surface area contributed by atoms with Crippen molar-refractivity contribution in [2.24, 2.45) is 5.41 Å². The van der Waals surface area contributed by atoms with Crippen molar-refractivity contribution >= 4 is 18.5 Å². The van der Waals surface area contributed by atoms with Crippen LogP contribution in [0.15, 0.2) is 29.2 Å². The predicted octanol–water partition coefficient (Wildman–Crippen LogP) is 3.70. The van der Waals surface area contributed by atoms with Crippen LogP contribution in [0.3, 0.4) is 0 Å². The summed E-state index contributed by atoms with van der Waals surface area (Å²) in [5.74, 6) is 0.282. The number of carbonyl (C=O) groups is 1. The fourth-order valence-corrected chi connectivity index (χ4v) is 3.90. The van der Waals surface area contributed by atoms with Gasteiger partial charge in [-0.2, -0.15) is 0 Å². The highest BCUT2D eigenvalue weighted by atomic mass is 32.1. The van der Waals surface area contributed by atoms with E-state index in [-0.39, 0.29) is 5.91 Å². The fraction of sp³-hybridized carbons (Fsp3) is 0.588. The van der Waals surface area contributed by atoms with Gasteiger partial charge in [0.2, 0.25) is 5.91 Å². The molecule has 0 bridgehead atoms. The average molecular weight is 289 g/mol. The Kier molecular flexibility index (Phi) is 4.06. The Hall–Kier alpha value is -0.960. The first kappa shape index (κ1) is 14.0. The molecule has 2 fully saturated rings. The second-order valence-corrected chi connectivity index (χ2v) is 6.95. The summed E-state index contributed by atoms with van der Waals surface area (Å²) >= 11 is 4.27. The Balaban J connectivity index is 1.55. The smallest absolute Gasteiger partial charge is 0.226 e. The van der Waals surface area contributed by atoms with Crippen LogP contribution in [-0.2, 0) is 11.2 Å². The molecule has 2 aliphatic rings. The lowest BCUT2D eigenvalue weighted by Gasteiger charge is -2.39. The summed E-state index contributed by atoms with van der Waals surface area (Å²) in [6.07, 6.45) is 8.52. The first-order valence-corrected chi connectivity index (χ1v) is 8.17. The van der Waals surface area contributed by atoms with Crippen LogP contribution in [0.1, 0.15) is 44.1 Å². The van der Waals surface area contributed by atoms with Crippen molar-refractivity contribution in [1.82, 2.24) is 4.90 Å². The molecular weight excluding hydrogens is 266 g/mol. The number of thiol groups is 1. The van der Waals surface area contributed by atoms with Crippen LogP contribution >= 0.6 is 12.6 Å². The molecule has 0 N–H and O–H groups in total. The Morgan fingerprint density at radius 2 is 1.65 bits per heavy atom. The summed E-state index contributed by atoms with van der Waals surface area (Å²) in [5.41, 5.74) is 1.68. The molecule has 1 aliphatic carbocycles. The number of amides is 1. The third-order valence-electron chi connectivity index (χ3n) is 5.13. The standard InChI is InChI=1S/C17H23NOS/c19-16(13-14-3-5-15(20)6-4-14)18-11-9-17(10-12-18)7-1-2-8-17/h3-6,20H,1-2,7-13H2. The van der Waals surface area contributed by atoms with Crippen molar-refractivity contribution in [2.45, 2.75) is 49.8 Å². The number of likely N-dealkylation sites (tertiary alicyclic amines) is 1. The monoisotopic (exact) mass is 289 g/mol. The summed E-state index contributed by atoms with van der Waals surface area (Å²) < 4.78 is 0. The second-order valence-electron chi connectivity index (χ2n) is 6.43. The normalized spacial score (nSPS) is 21.4. The van der Waals surface area contributed by atoms with Crippen LogP contribution in [0.4, 0.5) is 0 Å². The number of rotatable bonds is 2. The lowest BCUT2D eigenvalue weighted by molar-refractivity contribution is -0.132. The zero-order valence-corrected chi connectivity index (χ0v) is 12.9. The minimum Gasteiger partial charge on any atom is -0.342 e. The highest BCUT2D eigenvalue weighted by molar-refractivity contribution is 7.80. The number of hydrogen-bond acceptors (Lipinski definition) is 2. The molecule has 1 saturated heterocycles. The predicted molar refractivity (Wildman–Crippen MR) is 84.1 cm³/mol. The third-order valence-corrected chi connectivity index (χ3v) is 5.43. The SMILES string of the molecule is O=C(Cc1ccc(S)cc1)N1CCC2(CCCC2)CC1. The second kappa shape index (κ2) is 5.80. The molecule has 0 aromatic heterocycles. The molecule has 1 spiro atoms. The van der Waals surface area contributed by atoms with Crippen LogP contribution in [0.2, 0.25) is 0 Å². The van der Waals surface area contributed by atoms with Crippen molar-refractivity contribution in [1.29, 1.82) is 0 Å². The van der Waals surface area contributed by atoms with Gasteiger partial charge in [-0.05, 0) is 48.8 Å². The molecular formula is C17H23NOS. The maximum absolute atomic E-state index is 12.4. The molecule has 3 heteroatoms. The largest absolute Gasteiger partial charge is 0.342 e. The first-order valence-electron chi connectivity index (χ1n) is 7.73. The van der Waals surface area contributed by atoms with E-state index < -0.39 is 0 Å². The fourth-order valence-electron chi connectivity index (χ4n) is 3.76. The van der Waals surface area contributed by atoms with E-state index in [0.717, 1.165) is 23.5 Å². The summed E-state index contributed by atoms with van der Waals surface area (Å²) in [6.45, 7) is 1.92. The van der Waals surface area contributed by atoms with Crippen molar-refractivity contribution < 1.29 is 4.79 Å². The van der Waals surface area contributed by atoms with Crippen molar-refractivity contribution in [3.63, 3.8) is 0 Å². The van der Waals surface area contributed by atoms with Gasteiger partial charge < -0.3 is 4.90 Å². The minimum absolute atomic E-state index is 0.282. The zero-order chi connectivity index (χ0) is 14.0. The van der Waals surface area contributed by atoms with Crippen LogP contribution in [0, 0.1) is 5.41 Å². The maximum Gasteiger partial charge on any atom is 0.226 e. The summed E-state index contributed by atoms with van der Waals surface area (Å²) in [6, 6.07) is 7.91. The van der Waals surface area contributed by atoms with E-state index in [2.05, 4.69) is 17.5 Å². The van der Waals surface area contributed by atoms with E-state index in [1.54, 1.807) is 0 Å². The molecule has 1 aromatic carbocycles. The van der Waals surface area contributed by atoms with E-state index in [1.165, 1.54) is 38.5 Å². The lowest BCUT2D eigenvalue weighted by atomic mass is 9.77. The molecule has 0 radical (unpaired) electrons. The lowest BCUT2D eigenvalue weighted by Crippen LogP contribution is -2.42. The van der Waals surface area contributed by atoms with Crippen LogP contribution in [0.25, 0.3) is 0 Å². The number of benzene rings is 1. The van der Waals surface area contributed by atoms with Gasteiger partial charge in [0.05, 0.1) is 6.42 Å². The molecule has 1 aromatic rings. The van der Waals surface area contributed by atoms with Crippen molar-refractivity contribution in [3.8, 4) is 0 Å². The maximum atomic E-state index is 12.4. The molecule has 1 heterocycles. The Morgan fingerprint density at radius 1 is 1.05 bits per heavy atom. The van der Waals surface area contributed by atoms with Crippen LogP contribution in [0.5, 0.6) is 0 Å². The average Bonchev–Trinajstić information content (AvgIpc) is 2.90. The topological polar surface area (TPSA) is 20.3 Å². The molecule has 2 nitrogen and oxygen atoms in total. The number of nitrogens with zero attached hydrogens (tertiary/aromatic N) is 1. The molecule has 1 amide bonds. The van der Waals surface area contributed by atoms with Gasteiger partial charge in [-0.3, -0.25) is 4.79 Å². The summed E-state index contributed by atoms with van der Waals surface area (Å²) in [7, 11) is 0. The van der Waals surface area contributed by atoms with E-state index in [0.29, 0.717) is 11.8 Å². The molecule has 3 rings (SSSR count). The van der Waals surface area contributed by atoms with E-state index in [4.69, 9.17) is 0 Å². The van der Waals surface area contributed by atoms with Gasteiger partial charge in [0, 0.05) is 18.0 Å². The Morgan fingerprint density at radius 3 is 2.25 bits per heavy atom. The molecule has 108 valence electrons. The first-order chi connectivity index (χ1) is 9.67. The van der Waals surface area contributed by atoms with E-state index in [1.807, 2.05) is 24.3 Å². The van der Waals surface area contributed by atoms with Crippen LogP contribution < -0.4 is 0 Å². The third kappa shape index (κ3) is 3.03. The molecule has 0 unspecified atom stereocenters. The molecule has 20 heavy (non-hydrogen) atoms. The van der Waals surface area contributed by atoms with Crippen molar-refractivity contribution in [3.05, 3.63) is 29.8 Å². The van der Waals surface area contributed by atoms with Gasteiger partial charge in [-0.25, -0.2) is 0 Å². The quantitative estimate of drug-likeness (QED) is 0.823. The van der Waals surface area contributed by atoms with E-state index >= 15 is 0 Å². The van der Waals surface area contributed by atoms with E-state index in [9.17, 15) is 4.79 Å². The molecule has 1 aliphatic heterocycles. The number of carbonyl (C=O) groups excluding carboxylic acids is 1. The van der Waals surface area contributed by atoms with Gasteiger partial charge in [-0.1, -0.05) is 25.0 Å². The van der Waals surface area contributed by atoms with Gasteiger partial charge in [-0.15, -0.1) is 12.6 Å². The Labute approximate surface area is 127 Å². The summed E-state index contributed by atoms with van der Waals surface area (Å²) in [4.78, 5) is 15.4. The van der Waals surface area contributed by atoms with Gasteiger partial charge in [0.15, 0.2) is 0 Å². The highest BCUT2D eigenvalue weighted by Gasteiger charge is 2.37. The minimum atomic E-state index is 0.282. The van der Waals surface area contributed by atoms with Gasteiger partial charge in [0.25, 0.3) is 0 Å². The Bertz CT molecular complexity index is 466. The van der Waals surface area contributed by atoms with Crippen LogP contribution in [-0.4, -0.2) is 23.9 Å². The van der Waals surface area contributed by atoms with Gasteiger partial charge >= 0.3 is 0 Å². The summed E-state index contributed by atoms with van der Waals surface area (Å²) in [5, 5.41) is 0.